The van der Waals surface area contributed by atoms with Gasteiger partial charge in [-0.2, -0.15) is 0 Å². The maximum Gasteiger partial charge on any atom is 0.253 e. The summed E-state index contributed by atoms with van der Waals surface area (Å²) in [7, 11) is 0. The molecule has 1 amide bonds. The van der Waals surface area contributed by atoms with Gasteiger partial charge in [0.05, 0.1) is 0 Å². The van der Waals surface area contributed by atoms with Gasteiger partial charge in [0.25, 0.3) is 5.91 Å². The molecule has 0 saturated heterocycles. The number of amides is 1. The van der Waals surface area contributed by atoms with Gasteiger partial charge < -0.3 is 4.90 Å². The zero-order valence-corrected chi connectivity index (χ0v) is 11.7. The molecule has 0 atom stereocenters. The smallest absolute Gasteiger partial charge is 0.253 e. The third-order valence-electron chi connectivity index (χ3n) is 2.58. The van der Waals surface area contributed by atoms with Crippen LogP contribution in [-0.4, -0.2) is 23.9 Å². The van der Waals surface area contributed by atoms with Crippen LogP contribution in [0.15, 0.2) is 22.7 Å². The minimum absolute atomic E-state index is 0.116. The van der Waals surface area contributed by atoms with E-state index in [9.17, 15) is 4.79 Å². The van der Waals surface area contributed by atoms with Crippen LogP contribution >= 0.6 is 15.9 Å². The van der Waals surface area contributed by atoms with Gasteiger partial charge in [0.15, 0.2) is 0 Å². The summed E-state index contributed by atoms with van der Waals surface area (Å²) >= 11 is 3.45. The zero-order valence-electron chi connectivity index (χ0n) is 10.1. The van der Waals surface area contributed by atoms with Crippen molar-refractivity contribution in [3.8, 4) is 0 Å². The third-order valence-corrected chi connectivity index (χ3v) is 3.44. The second kappa shape index (κ2) is 6.04. The van der Waals surface area contributed by atoms with Crippen molar-refractivity contribution in [2.45, 2.75) is 27.2 Å². The first-order chi connectivity index (χ1) is 7.60. The van der Waals surface area contributed by atoms with E-state index >= 15 is 0 Å². The maximum atomic E-state index is 12.1. The van der Waals surface area contributed by atoms with E-state index in [4.69, 9.17) is 0 Å². The lowest BCUT2D eigenvalue weighted by Crippen LogP contribution is -2.31. The fourth-order valence-electron chi connectivity index (χ4n) is 1.58. The zero-order chi connectivity index (χ0) is 12.1. The van der Waals surface area contributed by atoms with Crippen LogP contribution in [0.25, 0.3) is 0 Å². The van der Waals surface area contributed by atoms with E-state index < -0.39 is 0 Å². The number of halogens is 1. The van der Waals surface area contributed by atoms with E-state index in [1.54, 1.807) is 0 Å². The highest BCUT2D eigenvalue weighted by atomic mass is 79.9. The Kier molecular flexibility index (Phi) is 5.00. The largest absolute Gasteiger partial charge is 0.339 e. The second-order valence-corrected chi connectivity index (χ2v) is 4.70. The number of nitrogens with zero attached hydrogens (tertiary/aromatic N) is 1. The van der Waals surface area contributed by atoms with Crippen molar-refractivity contribution in [1.29, 1.82) is 0 Å². The van der Waals surface area contributed by atoms with Gasteiger partial charge in [-0.05, 0) is 38.0 Å². The summed E-state index contributed by atoms with van der Waals surface area (Å²) in [6.45, 7) is 7.69. The maximum absolute atomic E-state index is 12.1. The van der Waals surface area contributed by atoms with Gasteiger partial charge in [0.1, 0.15) is 0 Å². The molecule has 1 aromatic rings. The molecule has 0 unspecified atom stereocenters. The predicted molar refractivity (Wildman–Crippen MR) is 70.7 cm³/mol. The number of hydrogen-bond donors (Lipinski definition) is 0. The van der Waals surface area contributed by atoms with Crippen LogP contribution in [0.2, 0.25) is 0 Å². The van der Waals surface area contributed by atoms with Crippen LogP contribution in [-0.2, 0) is 0 Å². The molecule has 0 aromatic heterocycles. The average molecular weight is 284 g/mol. The Morgan fingerprint density at radius 3 is 2.56 bits per heavy atom. The van der Waals surface area contributed by atoms with Crippen molar-refractivity contribution in [2.75, 3.05) is 13.1 Å². The predicted octanol–water partition coefficient (Wildman–Crippen LogP) is 3.63. The molecule has 1 aromatic carbocycles. The van der Waals surface area contributed by atoms with E-state index in [0.717, 1.165) is 35.1 Å². The Morgan fingerprint density at radius 1 is 1.38 bits per heavy atom. The highest BCUT2D eigenvalue weighted by molar-refractivity contribution is 9.10. The van der Waals surface area contributed by atoms with E-state index in [0.29, 0.717) is 0 Å². The van der Waals surface area contributed by atoms with Crippen molar-refractivity contribution in [2.24, 2.45) is 0 Å². The number of rotatable bonds is 4. The van der Waals surface area contributed by atoms with Crippen molar-refractivity contribution in [3.63, 3.8) is 0 Å². The molecule has 0 N–H and O–H groups in total. The van der Waals surface area contributed by atoms with Gasteiger partial charge >= 0.3 is 0 Å². The molecule has 0 bridgehead atoms. The number of aryl methyl sites for hydroxylation is 1. The first-order valence-electron chi connectivity index (χ1n) is 5.65. The van der Waals surface area contributed by atoms with Crippen molar-refractivity contribution in [3.05, 3.63) is 33.8 Å². The van der Waals surface area contributed by atoms with Gasteiger partial charge in [-0.1, -0.05) is 28.9 Å². The summed E-state index contributed by atoms with van der Waals surface area (Å²) in [5, 5.41) is 0. The Hall–Kier alpha value is -0.830. The number of carbonyl (C=O) groups excluding carboxylic acids is 1. The van der Waals surface area contributed by atoms with Crippen LogP contribution in [0.3, 0.4) is 0 Å². The molecule has 0 saturated carbocycles. The lowest BCUT2D eigenvalue weighted by molar-refractivity contribution is 0.0764. The van der Waals surface area contributed by atoms with Crippen molar-refractivity contribution < 1.29 is 4.79 Å². The molecule has 0 spiro atoms. The normalized spacial score (nSPS) is 10.2. The van der Waals surface area contributed by atoms with E-state index in [2.05, 4.69) is 22.9 Å². The molecule has 16 heavy (non-hydrogen) atoms. The van der Waals surface area contributed by atoms with E-state index in [-0.39, 0.29) is 5.91 Å². The summed E-state index contributed by atoms with van der Waals surface area (Å²) in [6, 6.07) is 5.76. The SMILES string of the molecule is CCCN(CC)C(=O)c1ccc(C)c(Br)c1. The molecule has 2 nitrogen and oxygen atoms in total. The molecule has 0 aliphatic rings. The molecule has 0 heterocycles. The van der Waals surface area contributed by atoms with Gasteiger partial charge in [-0.15, -0.1) is 0 Å². The lowest BCUT2D eigenvalue weighted by atomic mass is 10.1. The third kappa shape index (κ3) is 3.08. The van der Waals surface area contributed by atoms with Crippen LogP contribution in [0, 0.1) is 6.92 Å². The van der Waals surface area contributed by atoms with Crippen LogP contribution in [0.5, 0.6) is 0 Å². The molecule has 0 aliphatic heterocycles. The summed E-state index contributed by atoms with van der Waals surface area (Å²) < 4.78 is 0.992. The quantitative estimate of drug-likeness (QED) is 0.826. The Labute approximate surface area is 106 Å². The number of carbonyl (C=O) groups is 1. The molecule has 1 rings (SSSR count). The van der Waals surface area contributed by atoms with Crippen molar-refractivity contribution in [1.82, 2.24) is 4.90 Å². The minimum atomic E-state index is 0.116. The topological polar surface area (TPSA) is 20.3 Å². The fourth-order valence-corrected chi connectivity index (χ4v) is 1.96. The molecule has 88 valence electrons. The van der Waals surface area contributed by atoms with Gasteiger partial charge in [0.2, 0.25) is 0 Å². The van der Waals surface area contributed by atoms with Crippen LogP contribution < -0.4 is 0 Å². The van der Waals surface area contributed by atoms with E-state index in [1.807, 2.05) is 36.9 Å². The monoisotopic (exact) mass is 283 g/mol. The first kappa shape index (κ1) is 13.2. The Bertz CT molecular complexity index is 376. The summed E-state index contributed by atoms with van der Waals surface area (Å²) in [4.78, 5) is 14.0. The molecular weight excluding hydrogens is 266 g/mol. The molecular formula is C13H18BrNO. The second-order valence-electron chi connectivity index (χ2n) is 3.85. The molecule has 0 fully saturated rings. The first-order valence-corrected chi connectivity index (χ1v) is 6.44. The lowest BCUT2D eigenvalue weighted by Gasteiger charge is -2.20. The Balaban J connectivity index is 2.90. The summed E-state index contributed by atoms with van der Waals surface area (Å²) in [5.41, 5.74) is 1.91. The Morgan fingerprint density at radius 2 is 2.06 bits per heavy atom. The summed E-state index contributed by atoms with van der Waals surface area (Å²) in [5.74, 6) is 0.116. The molecule has 3 heteroatoms. The highest BCUT2D eigenvalue weighted by Gasteiger charge is 2.13. The molecule has 0 aliphatic carbocycles. The number of hydrogen-bond acceptors (Lipinski definition) is 1. The number of benzene rings is 1. The average Bonchev–Trinajstić information content (AvgIpc) is 2.28. The standard InChI is InChI=1S/C13H18BrNO/c1-4-8-15(5-2)13(16)11-7-6-10(3)12(14)9-11/h6-7,9H,4-5,8H2,1-3H3. The van der Waals surface area contributed by atoms with Gasteiger partial charge in [-0.25, -0.2) is 0 Å². The van der Waals surface area contributed by atoms with Gasteiger partial charge in [-0.3, -0.25) is 4.79 Å². The van der Waals surface area contributed by atoms with E-state index in [1.165, 1.54) is 0 Å². The van der Waals surface area contributed by atoms with Gasteiger partial charge in [0, 0.05) is 23.1 Å². The highest BCUT2D eigenvalue weighted by Crippen LogP contribution is 2.18. The fraction of sp³-hybridized carbons (Fsp3) is 0.462. The summed E-state index contributed by atoms with van der Waals surface area (Å²) in [6.07, 6.45) is 0.993. The van der Waals surface area contributed by atoms with Crippen molar-refractivity contribution >= 4 is 21.8 Å². The minimum Gasteiger partial charge on any atom is -0.339 e. The van der Waals surface area contributed by atoms with Crippen LogP contribution in [0.1, 0.15) is 36.2 Å². The molecule has 0 radical (unpaired) electrons. The van der Waals surface area contributed by atoms with Crippen LogP contribution in [0.4, 0.5) is 0 Å².